The minimum atomic E-state index is -1.98. The standard InChI is InChI=1S/C21H20O14/c22-7-2-1-6(3-8(7)23)10-4-9(24)13-11(32-10)5-12(14(25)15(13)26)34-35-21-18(29)16(27)17(28)19(33-21)20(30)31/h1-3,5,10,16-19,21-23,25-29H,4H2,(H,30,31)/t10?,16-,17-,18+,19-,21?/m0/s1. The smallest absolute Gasteiger partial charge is 0.335 e. The van der Waals surface area contributed by atoms with Crippen LogP contribution in [-0.2, 0) is 14.4 Å². The second kappa shape index (κ2) is 9.09. The molecule has 2 aliphatic heterocycles. The Bertz CT molecular complexity index is 1160. The van der Waals surface area contributed by atoms with E-state index in [1.165, 1.54) is 18.2 Å². The fraction of sp³-hybridized carbons (Fsp3) is 0.333. The number of hydrogen-bond acceptors (Lipinski definition) is 13. The molecule has 35 heavy (non-hydrogen) atoms. The minimum absolute atomic E-state index is 0.253. The molecule has 1 saturated heterocycles. The lowest BCUT2D eigenvalue weighted by Gasteiger charge is -2.37. The van der Waals surface area contributed by atoms with Crippen molar-refractivity contribution in [1.82, 2.24) is 0 Å². The number of fused-ring (bicyclic) bond motifs is 1. The summed E-state index contributed by atoms with van der Waals surface area (Å²) in [5.74, 6) is -5.89. The van der Waals surface area contributed by atoms with Crippen molar-refractivity contribution >= 4 is 11.8 Å². The third-order valence-corrected chi connectivity index (χ3v) is 5.54. The predicted molar refractivity (Wildman–Crippen MR) is 108 cm³/mol. The number of rotatable bonds is 5. The van der Waals surface area contributed by atoms with E-state index in [9.17, 15) is 45.3 Å². The first-order valence-corrected chi connectivity index (χ1v) is 10.1. The van der Waals surface area contributed by atoms with Crippen molar-refractivity contribution in [2.45, 2.75) is 43.2 Å². The molecule has 2 heterocycles. The van der Waals surface area contributed by atoms with Crippen molar-refractivity contribution in [1.29, 1.82) is 0 Å². The molecule has 2 unspecified atom stereocenters. The van der Waals surface area contributed by atoms with E-state index in [0.717, 1.165) is 6.07 Å². The number of phenolic OH excluding ortho intramolecular Hbond substituents is 4. The van der Waals surface area contributed by atoms with E-state index >= 15 is 0 Å². The largest absolute Gasteiger partial charge is 0.504 e. The normalized spacial score (nSPS) is 28.1. The molecule has 8 N–H and O–H groups in total. The maximum Gasteiger partial charge on any atom is 0.335 e. The fourth-order valence-electron chi connectivity index (χ4n) is 3.66. The number of carbonyl (C=O) groups is 2. The first kappa shape index (κ1) is 24.3. The predicted octanol–water partition coefficient (Wildman–Crippen LogP) is -0.582. The lowest BCUT2D eigenvalue weighted by atomic mass is 9.95. The number of carbonyl (C=O) groups excluding carboxylic acids is 1. The Morgan fingerprint density at radius 1 is 0.943 bits per heavy atom. The number of hydrogen-bond donors (Lipinski definition) is 8. The van der Waals surface area contributed by atoms with Crippen LogP contribution in [0.4, 0.5) is 0 Å². The first-order valence-electron chi connectivity index (χ1n) is 10.1. The number of aliphatic hydroxyl groups is 3. The van der Waals surface area contributed by atoms with Gasteiger partial charge in [0.05, 0.1) is 6.42 Å². The van der Waals surface area contributed by atoms with Crippen molar-refractivity contribution in [2.24, 2.45) is 0 Å². The van der Waals surface area contributed by atoms with Gasteiger partial charge < -0.3 is 55.2 Å². The van der Waals surface area contributed by atoms with E-state index < -0.39 is 71.6 Å². The molecule has 4 rings (SSSR count). The van der Waals surface area contributed by atoms with Crippen LogP contribution in [0, 0.1) is 0 Å². The third kappa shape index (κ3) is 4.36. The van der Waals surface area contributed by atoms with Crippen molar-refractivity contribution in [3.8, 4) is 34.5 Å². The van der Waals surface area contributed by atoms with Crippen molar-refractivity contribution in [3.05, 3.63) is 35.4 Å². The van der Waals surface area contributed by atoms with Crippen LogP contribution < -0.4 is 9.62 Å². The zero-order valence-electron chi connectivity index (χ0n) is 17.5. The molecule has 1 fully saturated rings. The van der Waals surface area contributed by atoms with Crippen LogP contribution in [0.2, 0.25) is 0 Å². The van der Waals surface area contributed by atoms with Crippen molar-refractivity contribution < 1.29 is 69.7 Å². The van der Waals surface area contributed by atoms with E-state index in [4.69, 9.17) is 24.4 Å². The van der Waals surface area contributed by atoms with E-state index in [0.29, 0.717) is 5.56 Å². The van der Waals surface area contributed by atoms with Crippen LogP contribution >= 0.6 is 0 Å². The van der Waals surface area contributed by atoms with Gasteiger partial charge >= 0.3 is 5.97 Å². The average Bonchev–Trinajstić information content (AvgIpc) is 2.81. The molecule has 0 aromatic heterocycles. The number of carboxylic acids is 1. The maximum absolute atomic E-state index is 12.6. The van der Waals surface area contributed by atoms with Crippen molar-refractivity contribution in [3.63, 3.8) is 0 Å². The summed E-state index contributed by atoms with van der Waals surface area (Å²) in [5.41, 5.74) is -0.0518. The molecule has 0 radical (unpaired) electrons. The number of aliphatic carboxylic acids is 1. The van der Waals surface area contributed by atoms with Crippen LogP contribution in [0.3, 0.4) is 0 Å². The van der Waals surface area contributed by atoms with Gasteiger partial charge in [0.15, 0.2) is 29.1 Å². The summed E-state index contributed by atoms with van der Waals surface area (Å²) in [6.45, 7) is 0. The van der Waals surface area contributed by atoms with Gasteiger partial charge in [-0.15, -0.1) is 0 Å². The van der Waals surface area contributed by atoms with Crippen LogP contribution in [0.15, 0.2) is 24.3 Å². The number of Topliss-reactive ketones (excluding diaryl/α,β-unsaturated/α-hetero) is 1. The molecule has 0 amide bonds. The Kier molecular flexibility index (Phi) is 6.31. The van der Waals surface area contributed by atoms with Gasteiger partial charge in [-0.25, -0.2) is 4.79 Å². The number of ether oxygens (including phenoxy) is 2. The number of aliphatic hydroxyl groups excluding tert-OH is 3. The van der Waals surface area contributed by atoms with Gasteiger partial charge in [-0.05, 0) is 17.7 Å². The lowest BCUT2D eigenvalue weighted by molar-refractivity contribution is -0.382. The van der Waals surface area contributed by atoms with Crippen LogP contribution in [0.1, 0.15) is 28.4 Å². The minimum Gasteiger partial charge on any atom is -0.504 e. The zero-order chi connectivity index (χ0) is 25.6. The number of ketones is 1. The molecule has 14 heteroatoms. The Morgan fingerprint density at radius 2 is 1.66 bits per heavy atom. The summed E-state index contributed by atoms with van der Waals surface area (Å²) in [5, 5.41) is 78.4. The number of phenols is 4. The second-order valence-electron chi connectivity index (χ2n) is 7.84. The highest BCUT2D eigenvalue weighted by molar-refractivity contribution is 6.03. The maximum atomic E-state index is 12.6. The Morgan fingerprint density at radius 3 is 2.31 bits per heavy atom. The lowest BCUT2D eigenvalue weighted by Crippen LogP contribution is -2.60. The van der Waals surface area contributed by atoms with Crippen LogP contribution in [-0.4, -0.2) is 83.3 Å². The summed E-state index contributed by atoms with van der Waals surface area (Å²) in [7, 11) is 0. The Hall–Kier alpha value is -3.82. The molecule has 0 bridgehead atoms. The summed E-state index contributed by atoms with van der Waals surface area (Å²) in [6, 6.07) is 4.73. The monoisotopic (exact) mass is 496 g/mol. The van der Waals surface area contributed by atoms with Crippen molar-refractivity contribution in [2.75, 3.05) is 0 Å². The number of benzene rings is 2. The summed E-state index contributed by atoms with van der Waals surface area (Å²) < 4.78 is 10.6. The Balaban J connectivity index is 1.58. The molecule has 2 aliphatic rings. The average molecular weight is 496 g/mol. The SMILES string of the molecule is O=C1CC(c2ccc(O)c(O)c2)Oc2cc(OOC3O[C@H](C(=O)O)[C@@H](O)[C@H](O)[C@H]3O)c(O)c(O)c21. The third-order valence-electron chi connectivity index (χ3n) is 5.54. The quantitative estimate of drug-likeness (QED) is 0.147. The Labute approximate surface area is 195 Å². The molecule has 14 nitrogen and oxygen atoms in total. The van der Waals surface area contributed by atoms with E-state index in [1.54, 1.807) is 0 Å². The molecule has 2 aromatic carbocycles. The number of carboxylic acid groups (broad SMARTS) is 1. The van der Waals surface area contributed by atoms with Gasteiger partial charge in [-0.1, -0.05) is 6.07 Å². The summed E-state index contributed by atoms with van der Waals surface area (Å²) in [6.07, 6.45) is -11.1. The van der Waals surface area contributed by atoms with Gasteiger partial charge in [0.2, 0.25) is 17.8 Å². The molecule has 0 spiro atoms. The summed E-state index contributed by atoms with van der Waals surface area (Å²) in [4.78, 5) is 33.5. The van der Waals surface area contributed by atoms with Crippen LogP contribution in [0.25, 0.3) is 0 Å². The molecular weight excluding hydrogens is 476 g/mol. The van der Waals surface area contributed by atoms with Gasteiger partial charge in [-0.2, -0.15) is 4.89 Å². The summed E-state index contributed by atoms with van der Waals surface area (Å²) >= 11 is 0. The highest BCUT2D eigenvalue weighted by Crippen LogP contribution is 2.48. The highest BCUT2D eigenvalue weighted by atomic mass is 17.2. The van der Waals surface area contributed by atoms with Gasteiger partial charge in [-0.3, -0.25) is 4.79 Å². The van der Waals surface area contributed by atoms with Gasteiger partial charge in [0, 0.05) is 6.07 Å². The van der Waals surface area contributed by atoms with Gasteiger partial charge in [0.25, 0.3) is 0 Å². The molecule has 2 aromatic rings. The molecule has 0 aliphatic carbocycles. The molecular formula is C21H20O14. The highest BCUT2D eigenvalue weighted by Gasteiger charge is 2.48. The topological polar surface area (TPSA) is 233 Å². The van der Waals surface area contributed by atoms with E-state index in [2.05, 4.69) is 0 Å². The van der Waals surface area contributed by atoms with Gasteiger partial charge in [0.1, 0.15) is 35.7 Å². The fourth-order valence-corrected chi connectivity index (χ4v) is 3.66. The van der Waals surface area contributed by atoms with Crippen LogP contribution in [0.5, 0.6) is 34.5 Å². The number of aromatic hydroxyl groups is 4. The van der Waals surface area contributed by atoms with E-state index in [1.807, 2.05) is 0 Å². The molecule has 6 atom stereocenters. The first-order chi connectivity index (χ1) is 16.5. The van der Waals surface area contributed by atoms with E-state index in [-0.39, 0.29) is 23.5 Å². The zero-order valence-corrected chi connectivity index (χ0v) is 17.5. The second-order valence-corrected chi connectivity index (χ2v) is 7.84. The molecule has 188 valence electrons. The molecule has 0 saturated carbocycles.